The van der Waals surface area contributed by atoms with E-state index in [1.165, 1.54) is 0 Å². The maximum Gasteiger partial charge on any atom is 0.326 e. The van der Waals surface area contributed by atoms with Crippen molar-refractivity contribution in [2.45, 2.75) is 44.7 Å². The average molecular weight is 272 g/mol. The number of urea groups is 1. The number of ether oxygens (including phenoxy) is 1. The number of esters is 1. The summed E-state index contributed by atoms with van der Waals surface area (Å²) in [5.41, 5.74) is -0.377. The van der Waals surface area contributed by atoms with E-state index in [0.717, 1.165) is 20.0 Å². The van der Waals surface area contributed by atoms with E-state index in [1.807, 2.05) is 13.8 Å². The largest absolute Gasteiger partial charge is 0.480 e. The van der Waals surface area contributed by atoms with Crippen LogP contribution in [-0.4, -0.2) is 41.8 Å². The zero-order valence-electron chi connectivity index (χ0n) is 11.4. The average Bonchev–Trinajstić information content (AvgIpc) is 3.10. The van der Waals surface area contributed by atoms with E-state index in [0.29, 0.717) is 5.92 Å². The van der Waals surface area contributed by atoms with Crippen molar-refractivity contribution < 1.29 is 24.2 Å². The molecule has 0 aromatic rings. The molecule has 108 valence electrons. The van der Waals surface area contributed by atoms with Crippen LogP contribution >= 0.6 is 0 Å². The number of carbonyl (C=O) groups is 3. The van der Waals surface area contributed by atoms with Gasteiger partial charge in [-0.15, -0.1) is 0 Å². The van der Waals surface area contributed by atoms with Crippen molar-refractivity contribution in [2.75, 3.05) is 7.11 Å². The molecule has 0 aromatic heterocycles. The highest BCUT2D eigenvalue weighted by atomic mass is 16.5. The number of carbonyl (C=O) groups excluding carboxylic acids is 2. The van der Waals surface area contributed by atoms with Gasteiger partial charge >= 0.3 is 18.0 Å². The summed E-state index contributed by atoms with van der Waals surface area (Å²) < 4.78 is 4.39. The topological polar surface area (TPSA) is 105 Å². The number of hydrogen-bond acceptors (Lipinski definition) is 4. The van der Waals surface area contributed by atoms with E-state index in [4.69, 9.17) is 5.11 Å². The maximum atomic E-state index is 11.7. The third-order valence-corrected chi connectivity index (χ3v) is 3.24. The van der Waals surface area contributed by atoms with Crippen molar-refractivity contribution in [3.63, 3.8) is 0 Å². The van der Waals surface area contributed by atoms with Crippen LogP contribution in [0.4, 0.5) is 4.79 Å². The van der Waals surface area contributed by atoms with Crippen molar-refractivity contribution in [2.24, 2.45) is 5.92 Å². The van der Waals surface area contributed by atoms with Crippen LogP contribution in [0.5, 0.6) is 0 Å². The van der Waals surface area contributed by atoms with Crippen molar-refractivity contribution in [1.82, 2.24) is 10.6 Å². The SMILES string of the molecule is COC(=O)C[C@H](NC(=O)NC(C)(C)C1CC1)C(=O)O. The molecule has 3 N–H and O–H groups in total. The maximum absolute atomic E-state index is 11.7. The molecule has 0 radical (unpaired) electrons. The summed E-state index contributed by atoms with van der Waals surface area (Å²) in [6.45, 7) is 3.78. The zero-order valence-corrected chi connectivity index (χ0v) is 11.4. The third kappa shape index (κ3) is 4.76. The van der Waals surface area contributed by atoms with Gasteiger partial charge < -0.3 is 20.5 Å². The normalized spacial score (nSPS) is 16.4. The van der Waals surface area contributed by atoms with Crippen LogP contribution in [0.3, 0.4) is 0 Å². The molecule has 1 aliphatic carbocycles. The summed E-state index contributed by atoms with van der Waals surface area (Å²) in [7, 11) is 1.16. The number of carboxylic acids is 1. The predicted octanol–water partition coefficient (Wildman–Crippen LogP) is 0.491. The lowest BCUT2D eigenvalue weighted by molar-refractivity contribution is -0.147. The Morgan fingerprint density at radius 1 is 1.37 bits per heavy atom. The fourth-order valence-electron chi connectivity index (χ4n) is 1.84. The first kappa shape index (κ1) is 15.3. The van der Waals surface area contributed by atoms with Gasteiger partial charge in [0.15, 0.2) is 0 Å². The standard InChI is InChI=1S/C12H20N2O5/c1-12(2,7-4-5-7)14-11(18)13-8(10(16)17)6-9(15)19-3/h7-8H,4-6H2,1-3H3,(H,16,17)(H2,13,14,18)/t8-/m0/s1. The molecule has 2 amide bonds. The molecule has 0 aromatic carbocycles. The fourth-order valence-corrected chi connectivity index (χ4v) is 1.84. The Hall–Kier alpha value is -1.79. The number of hydrogen-bond donors (Lipinski definition) is 3. The number of methoxy groups -OCH3 is 1. The summed E-state index contributed by atoms with van der Waals surface area (Å²) in [6.07, 6.45) is 1.71. The van der Waals surface area contributed by atoms with Gasteiger partial charge in [0.25, 0.3) is 0 Å². The van der Waals surface area contributed by atoms with Crippen LogP contribution in [0.2, 0.25) is 0 Å². The van der Waals surface area contributed by atoms with E-state index in [-0.39, 0.29) is 5.54 Å². The molecule has 0 spiro atoms. The lowest BCUT2D eigenvalue weighted by Crippen LogP contribution is -2.54. The molecule has 1 atom stereocenters. The minimum atomic E-state index is -1.29. The Balaban J connectivity index is 2.51. The minimum absolute atomic E-state index is 0.377. The number of rotatable bonds is 6. The van der Waals surface area contributed by atoms with Gasteiger partial charge in [-0.2, -0.15) is 0 Å². The van der Waals surface area contributed by atoms with Crippen molar-refractivity contribution in [1.29, 1.82) is 0 Å². The smallest absolute Gasteiger partial charge is 0.326 e. The molecule has 7 heteroatoms. The molecular weight excluding hydrogens is 252 g/mol. The summed E-state index contributed by atoms with van der Waals surface area (Å²) in [5, 5.41) is 13.9. The van der Waals surface area contributed by atoms with Crippen molar-refractivity contribution in [3.05, 3.63) is 0 Å². The quantitative estimate of drug-likeness (QED) is 0.610. The van der Waals surface area contributed by atoms with E-state index >= 15 is 0 Å². The molecular formula is C12H20N2O5. The fraction of sp³-hybridized carbons (Fsp3) is 0.750. The summed E-state index contributed by atoms with van der Waals surface area (Å²) in [5.74, 6) is -1.54. The Kier molecular flexibility index (Phi) is 4.74. The predicted molar refractivity (Wildman–Crippen MR) is 66.5 cm³/mol. The van der Waals surface area contributed by atoms with Crippen LogP contribution in [0.1, 0.15) is 33.1 Å². The van der Waals surface area contributed by atoms with Crippen molar-refractivity contribution >= 4 is 18.0 Å². The second kappa shape index (κ2) is 5.90. The van der Waals surface area contributed by atoms with Crippen LogP contribution in [0, 0.1) is 5.92 Å². The molecule has 1 saturated carbocycles. The molecule has 1 aliphatic rings. The Bertz CT molecular complexity index is 376. The van der Waals surface area contributed by atoms with E-state index < -0.39 is 30.4 Å². The van der Waals surface area contributed by atoms with Gasteiger partial charge in [-0.05, 0) is 32.6 Å². The molecule has 0 aliphatic heterocycles. The van der Waals surface area contributed by atoms with Crippen LogP contribution in [0.25, 0.3) is 0 Å². The highest BCUT2D eigenvalue weighted by molar-refractivity contribution is 5.86. The van der Waals surface area contributed by atoms with E-state index in [9.17, 15) is 14.4 Å². The third-order valence-electron chi connectivity index (χ3n) is 3.24. The lowest BCUT2D eigenvalue weighted by Gasteiger charge is -2.27. The molecule has 7 nitrogen and oxygen atoms in total. The highest BCUT2D eigenvalue weighted by Crippen LogP contribution is 2.39. The summed E-state index contributed by atoms with van der Waals surface area (Å²) in [6, 6.07) is -1.88. The van der Waals surface area contributed by atoms with Gasteiger partial charge in [0.2, 0.25) is 0 Å². The Morgan fingerprint density at radius 3 is 2.37 bits per heavy atom. The monoisotopic (exact) mass is 272 g/mol. The van der Waals surface area contributed by atoms with Crippen LogP contribution < -0.4 is 10.6 Å². The van der Waals surface area contributed by atoms with Crippen LogP contribution in [0.15, 0.2) is 0 Å². The number of aliphatic carboxylic acids is 1. The first-order valence-electron chi connectivity index (χ1n) is 6.14. The molecule has 1 rings (SSSR count). The van der Waals surface area contributed by atoms with E-state index in [1.54, 1.807) is 0 Å². The number of nitrogens with one attached hydrogen (secondary N) is 2. The molecule has 0 bridgehead atoms. The van der Waals surface area contributed by atoms with Gasteiger partial charge in [-0.3, -0.25) is 4.79 Å². The zero-order chi connectivity index (χ0) is 14.6. The lowest BCUT2D eigenvalue weighted by atomic mass is 9.99. The van der Waals surface area contributed by atoms with Gasteiger partial charge in [0, 0.05) is 5.54 Å². The second-order valence-electron chi connectivity index (χ2n) is 5.27. The summed E-state index contributed by atoms with van der Waals surface area (Å²) >= 11 is 0. The van der Waals surface area contributed by atoms with E-state index in [2.05, 4.69) is 15.4 Å². The Morgan fingerprint density at radius 2 is 1.95 bits per heavy atom. The molecule has 0 saturated heterocycles. The molecule has 19 heavy (non-hydrogen) atoms. The van der Waals surface area contributed by atoms with Gasteiger partial charge in [-0.1, -0.05) is 0 Å². The molecule has 0 unspecified atom stereocenters. The van der Waals surface area contributed by atoms with Crippen molar-refractivity contribution in [3.8, 4) is 0 Å². The summed E-state index contributed by atoms with van der Waals surface area (Å²) in [4.78, 5) is 33.7. The first-order valence-corrected chi connectivity index (χ1v) is 6.14. The molecule has 0 heterocycles. The Labute approximate surface area is 111 Å². The first-order chi connectivity index (χ1) is 8.76. The van der Waals surface area contributed by atoms with Gasteiger partial charge in [-0.25, -0.2) is 9.59 Å². The highest BCUT2D eigenvalue weighted by Gasteiger charge is 2.39. The van der Waals surface area contributed by atoms with Gasteiger partial charge in [0.1, 0.15) is 6.04 Å². The minimum Gasteiger partial charge on any atom is -0.480 e. The van der Waals surface area contributed by atoms with Gasteiger partial charge in [0.05, 0.1) is 13.5 Å². The number of amides is 2. The molecule has 1 fully saturated rings. The second-order valence-corrected chi connectivity index (χ2v) is 5.27. The van der Waals surface area contributed by atoms with Crippen LogP contribution in [-0.2, 0) is 14.3 Å². The number of carboxylic acid groups (broad SMARTS) is 1.